The Bertz CT molecular complexity index is 332. The molecule has 0 aromatic heterocycles. The van der Waals surface area contributed by atoms with Crippen molar-refractivity contribution in [3.05, 3.63) is 0 Å². The van der Waals surface area contributed by atoms with Crippen LogP contribution in [0.2, 0.25) is 0 Å². The Balaban J connectivity index is 2.02. The van der Waals surface area contributed by atoms with Crippen LogP contribution in [-0.4, -0.2) is 23.1 Å². The monoisotopic (exact) mass is 221 g/mol. The lowest BCUT2D eigenvalue weighted by Gasteiger charge is -2.22. The molecule has 2 aliphatic rings. The minimum atomic E-state index is -0.298. The molecule has 1 saturated carbocycles. The molecule has 0 bridgehead atoms. The lowest BCUT2D eigenvalue weighted by atomic mass is 9.90. The number of carbonyl (C=O) groups is 1. The van der Waals surface area contributed by atoms with E-state index in [1.807, 2.05) is 13.8 Å². The third-order valence-corrected chi connectivity index (χ3v) is 3.32. The summed E-state index contributed by atoms with van der Waals surface area (Å²) in [6, 6.07) is 3.00. The molecule has 2 fully saturated rings. The van der Waals surface area contributed by atoms with Crippen LogP contribution in [0.3, 0.4) is 0 Å². The lowest BCUT2D eigenvalue weighted by Crippen LogP contribution is -2.38. The number of ether oxygens (including phenoxy) is 1. The second-order valence-electron chi connectivity index (χ2n) is 5.29. The minimum absolute atomic E-state index is 0.279. The molecule has 1 saturated heterocycles. The third kappa shape index (κ3) is 2.32. The molecule has 1 aliphatic carbocycles. The first-order valence-corrected chi connectivity index (χ1v) is 6.08. The highest BCUT2D eigenvalue weighted by molar-refractivity contribution is 5.73. The molecular weight excluding hydrogens is 202 g/mol. The summed E-state index contributed by atoms with van der Waals surface area (Å²) < 4.78 is 5.01. The zero-order chi connectivity index (χ0) is 11.6. The summed E-state index contributed by atoms with van der Waals surface area (Å²) in [5, 5.41) is 0. The van der Waals surface area contributed by atoms with Crippen LogP contribution in [0.4, 0.5) is 4.79 Å². The largest absolute Gasteiger partial charge is 0.446 e. The van der Waals surface area contributed by atoms with E-state index < -0.39 is 0 Å². The molecule has 0 atom stereocenters. The quantitative estimate of drug-likeness (QED) is 0.589. The fourth-order valence-corrected chi connectivity index (χ4v) is 2.21. The first-order valence-electron chi connectivity index (χ1n) is 6.08. The topological polar surface area (TPSA) is 29.5 Å². The van der Waals surface area contributed by atoms with Gasteiger partial charge in [-0.25, -0.2) is 9.69 Å². The van der Waals surface area contributed by atoms with Gasteiger partial charge in [0.2, 0.25) is 0 Å². The van der Waals surface area contributed by atoms with Gasteiger partial charge >= 0.3 is 6.09 Å². The van der Waals surface area contributed by atoms with Crippen molar-refractivity contribution in [3.8, 4) is 12.0 Å². The maximum atomic E-state index is 11.5. The van der Waals surface area contributed by atoms with Crippen LogP contribution in [-0.2, 0) is 4.74 Å². The Labute approximate surface area is 97.1 Å². The molecule has 1 heterocycles. The molecular formula is C13H19NO2. The van der Waals surface area contributed by atoms with E-state index in [0.29, 0.717) is 12.5 Å². The SMILES string of the molecule is CC1(C)COC(=O)N1C#CC1CCCCC1. The summed E-state index contributed by atoms with van der Waals surface area (Å²) >= 11 is 0. The molecule has 0 aromatic carbocycles. The van der Waals surface area contributed by atoms with Crippen LogP contribution in [0, 0.1) is 17.9 Å². The van der Waals surface area contributed by atoms with Crippen molar-refractivity contribution in [1.82, 2.24) is 4.90 Å². The van der Waals surface area contributed by atoms with E-state index >= 15 is 0 Å². The summed E-state index contributed by atoms with van der Waals surface area (Å²) in [7, 11) is 0. The summed E-state index contributed by atoms with van der Waals surface area (Å²) in [6.07, 6.45) is 5.93. The Hall–Kier alpha value is -1.17. The lowest BCUT2D eigenvalue weighted by molar-refractivity contribution is 0.167. The van der Waals surface area contributed by atoms with Gasteiger partial charge in [0.15, 0.2) is 0 Å². The second kappa shape index (κ2) is 4.37. The van der Waals surface area contributed by atoms with Gasteiger partial charge in [0.05, 0.1) is 5.54 Å². The first-order chi connectivity index (χ1) is 7.59. The van der Waals surface area contributed by atoms with Gasteiger partial charge in [-0.15, -0.1) is 0 Å². The van der Waals surface area contributed by atoms with Gasteiger partial charge < -0.3 is 4.74 Å². The highest BCUT2D eigenvalue weighted by Gasteiger charge is 2.39. The van der Waals surface area contributed by atoms with Crippen molar-refractivity contribution < 1.29 is 9.53 Å². The number of amides is 1. The van der Waals surface area contributed by atoms with Crippen LogP contribution < -0.4 is 0 Å². The Kier molecular flexibility index (Phi) is 3.09. The molecule has 0 aromatic rings. The van der Waals surface area contributed by atoms with Crippen molar-refractivity contribution in [2.24, 2.45) is 5.92 Å². The number of cyclic esters (lactones) is 1. The predicted octanol–water partition coefficient (Wildman–Crippen LogP) is 2.76. The summed E-state index contributed by atoms with van der Waals surface area (Å²) in [5.41, 5.74) is -0.279. The maximum absolute atomic E-state index is 11.5. The van der Waals surface area contributed by atoms with Crippen molar-refractivity contribution in [2.75, 3.05) is 6.61 Å². The van der Waals surface area contributed by atoms with Crippen LogP contribution in [0.1, 0.15) is 46.0 Å². The van der Waals surface area contributed by atoms with Gasteiger partial charge in [-0.1, -0.05) is 25.2 Å². The smallest absolute Gasteiger partial charge is 0.422 e. The van der Waals surface area contributed by atoms with Gasteiger partial charge in [0.1, 0.15) is 6.61 Å². The fourth-order valence-electron chi connectivity index (χ4n) is 2.21. The predicted molar refractivity (Wildman–Crippen MR) is 61.6 cm³/mol. The van der Waals surface area contributed by atoms with Gasteiger partial charge in [0, 0.05) is 12.0 Å². The van der Waals surface area contributed by atoms with E-state index in [9.17, 15) is 4.79 Å². The average molecular weight is 221 g/mol. The molecule has 3 heteroatoms. The van der Waals surface area contributed by atoms with E-state index in [1.165, 1.54) is 32.1 Å². The molecule has 0 radical (unpaired) electrons. The number of nitrogens with zero attached hydrogens (tertiary/aromatic N) is 1. The Morgan fingerprint density at radius 2 is 2.00 bits per heavy atom. The van der Waals surface area contributed by atoms with E-state index in [1.54, 1.807) is 4.90 Å². The number of rotatable bonds is 0. The molecule has 1 aliphatic heterocycles. The van der Waals surface area contributed by atoms with Crippen LogP contribution >= 0.6 is 0 Å². The summed E-state index contributed by atoms with van der Waals surface area (Å²) in [5.74, 6) is 3.69. The first kappa shape index (κ1) is 11.3. The summed E-state index contributed by atoms with van der Waals surface area (Å²) in [6.45, 7) is 4.39. The van der Waals surface area contributed by atoms with Crippen LogP contribution in [0.5, 0.6) is 0 Å². The van der Waals surface area contributed by atoms with Gasteiger partial charge in [-0.2, -0.15) is 0 Å². The van der Waals surface area contributed by atoms with Crippen molar-refractivity contribution >= 4 is 6.09 Å². The van der Waals surface area contributed by atoms with Gasteiger partial charge in [-0.3, -0.25) is 0 Å². The summed E-state index contributed by atoms with van der Waals surface area (Å²) in [4.78, 5) is 13.0. The van der Waals surface area contributed by atoms with Crippen molar-refractivity contribution in [3.63, 3.8) is 0 Å². The molecule has 1 amide bonds. The molecule has 0 spiro atoms. The van der Waals surface area contributed by atoms with E-state index in [0.717, 1.165) is 0 Å². The molecule has 88 valence electrons. The Morgan fingerprint density at radius 1 is 1.31 bits per heavy atom. The normalized spacial score (nSPS) is 24.9. The zero-order valence-electron chi connectivity index (χ0n) is 10.1. The highest BCUT2D eigenvalue weighted by atomic mass is 16.6. The number of carbonyl (C=O) groups excluding carboxylic acids is 1. The van der Waals surface area contributed by atoms with Crippen LogP contribution in [0.25, 0.3) is 0 Å². The molecule has 16 heavy (non-hydrogen) atoms. The zero-order valence-corrected chi connectivity index (χ0v) is 10.1. The standard InChI is InChI=1S/C13H19NO2/c1-13(2)10-16-12(15)14(13)9-8-11-6-4-3-5-7-11/h11H,3-7,10H2,1-2H3. The maximum Gasteiger partial charge on any atom is 0.422 e. The Morgan fingerprint density at radius 3 is 2.56 bits per heavy atom. The number of hydrogen-bond donors (Lipinski definition) is 0. The third-order valence-electron chi connectivity index (χ3n) is 3.32. The molecule has 0 N–H and O–H groups in total. The van der Waals surface area contributed by atoms with Crippen molar-refractivity contribution in [2.45, 2.75) is 51.5 Å². The van der Waals surface area contributed by atoms with Gasteiger partial charge in [0.25, 0.3) is 0 Å². The van der Waals surface area contributed by atoms with E-state index in [2.05, 4.69) is 12.0 Å². The van der Waals surface area contributed by atoms with Crippen molar-refractivity contribution in [1.29, 1.82) is 0 Å². The molecule has 0 unspecified atom stereocenters. The fraction of sp³-hybridized carbons (Fsp3) is 0.769. The average Bonchev–Trinajstić information content (AvgIpc) is 2.52. The molecule has 3 nitrogen and oxygen atoms in total. The number of hydrogen-bond acceptors (Lipinski definition) is 2. The minimum Gasteiger partial charge on any atom is -0.446 e. The van der Waals surface area contributed by atoms with E-state index in [4.69, 9.17) is 4.74 Å². The second-order valence-corrected chi connectivity index (χ2v) is 5.29. The van der Waals surface area contributed by atoms with Gasteiger partial charge in [-0.05, 0) is 26.7 Å². The van der Waals surface area contributed by atoms with E-state index in [-0.39, 0.29) is 11.6 Å². The highest BCUT2D eigenvalue weighted by Crippen LogP contribution is 2.25. The van der Waals surface area contributed by atoms with Crippen LogP contribution in [0.15, 0.2) is 0 Å². The molecule has 2 rings (SSSR count).